The number of carbonyl (C=O) groups is 2. The minimum absolute atomic E-state index is 0.0355. The molecule has 0 saturated heterocycles. The normalized spacial score (nSPS) is 11.7. The number of aromatic hydroxyl groups is 1. The van der Waals surface area contributed by atoms with Crippen LogP contribution in [0.3, 0.4) is 0 Å². The lowest BCUT2D eigenvalue weighted by atomic mass is 10.2. The van der Waals surface area contributed by atoms with E-state index in [9.17, 15) is 23.1 Å². The van der Waals surface area contributed by atoms with E-state index in [1.165, 1.54) is 44.2 Å². The highest BCUT2D eigenvalue weighted by atomic mass is 32.2. The van der Waals surface area contributed by atoms with E-state index in [1.54, 1.807) is 0 Å². The largest absolute Gasteiger partial charge is 0.504 e. The van der Waals surface area contributed by atoms with E-state index in [1.807, 2.05) is 0 Å². The predicted octanol–water partition coefficient (Wildman–Crippen LogP) is 2.98. The molecule has 13 heteroatoms. The molecule has 0 unspecified atom stereocenters. The fraction of sp³-hybridized carbons (Fsp3) is 0.118. The van der Waals surface area contributed by atoms with Crippen molar-refractivity contribution >= 4 is 66.3 Å². The van der Waals surface area contributed by atoms with Gasteiger partial charge in [0.2, 0.25) is 21.8 Å². The second kappa shape index (κ2) is 8.14. The maximum absolute atomic E-state index is 11.6. The van der Waals surface area contributed by atoms with E-state index in [4.69, 9.17) is 5.14 Å². The molecular weight excluding hydrogens is 432 g/mol. The molecule has 0 aliphatic carbocycles. The van der Waals surface area contributed by atoms with Gasteiger partial charge in [-0.05, 0) is 41.9 Å². The molecule has 2 aromatic carbocycles. The van der Waals surface area contributed by atoms with Gasteiger partial charge < -0.3 is 15.7 Å². The third kappa shape index (κ3) is 4.76. The number of azo groups is 1. The number of rotatable bonds is 5. The number of hydrogen-bond donors (Lipinski definition) is 4. The molecule has 3 aromatic rings. The summed E-state index contributed by atoms with van der Waals surface area (Å²) < 4.78 is 27.4. The molecule has 2 amide bonds. The van der Waals surface area contributed by atoms with Crippen molar-refractivity contribution in [3.8, 4) is 5.75 Å². The average Bonchev–Trinajstić information content (AvgIpc) is 3.04. The van der Waals surface area contributed by atoms with E-state index in [2.05, 4.69) is 25.2 Å². The molecule has 0 atom stereocenters. The Morgan fingerprint density at radius 2 is 1.67 bits per heavy atom. The lowest BCUT2D eigenvalue weighted by molar-refractivity contribution is -0.115. The van der Waals surface area contributed by atoms with Crippen molar-refractivity contribution in [3.05, 3.63) is 30.3 Å². The maximum atomic E-state index is 11.6. The van der Waals surface area contributed by atoms with Gasteiger partial charge >= 0.3 is 0 Å². The monoisotopic (exact) mass is 448 g/mol. The van der Waals surface area contributed by atoms with Gasteiger partial charge in [-0.1, -0.05) is 0 Å². The predicted molar refractivity (Wildman–Crippen MR) is 112 cm³/mol. The Morgan fingerprint density at radius 1 is 1.07 bits per heavy atom. The van der Waals surface area contributed by atoms with Crippen molar-refractivity contribution in [2.45, 2.75) is 18.7 Å². The number of carbonyl (C=O) groups excluding carboxylic acids is 2. The van der Waals surface area contributed by atoms with Gasteiger partial charge in [0.05, 0.1) is 27.5 Å². The van der Waals surface area contributed by atoms with Gasteiger partial charge in [0, 0.05) is 19.2 Å². The van der Waals surface area contributed by atoms with Crippen molar-refractivity contribution in [2.24, 2.45) is 15.4 Å². The number of anilines is 2. The summed E-state index contributed by atoms with van der Waals surface area (Å²) in [5.41, 5.74) is 0.802. The summed E-state index contributed by atoms with van der Waals surface area (Å²) in [5.74, 6) is -1.20. The number of sulfonamides is 1. The lowest BCUT2D eigenvalue weighted by Crippen LogP contribution is -2.11. The number of fused-ring (bicyclic) bond motifs is 1. The third-order valence-corrected chi connectivity index (χ3v) is 5.40. The van der Waals surface area contributed by atoms with E-state index < -0.39 is 21.8 Å². The van der Waals surface area contributed by atoms with Gasteiger partial charge in [0.1, 0.15) is 0 Å². The number of phenolic OH excluding ortho intramolecular Hbond substituents is 1. The molecule has 1 heterocycles. The number of phenols is 1. The molecule has 0 aliphatic heterocycles. The molecule has 3 rings (SSSR count). The topological polar surface area (TPSA) is 176 Å². The zero-order chi connectivity index (χ0) is 22.1. The average molecular weight is 448 g/mol. The Labute approximate surface area is 174 Å². The van der Waals surface area contributed by atoms with Crippen molar-refractivity contribution in [2.75, 3.05) is 10.6 Å². The summed E-state index contributed by atoms with van der Waals surface area (Å²) in [4.78, 5) is 22.7. The van der Waals surface area contributed by atoms with Crippen LogP contribution in [0.1, 0.15) is 13.8 Å². The van der Waals surface area contributed by atoms with Crippen LogP contribution in [0.4, 0.5) is 22.1 Å². The minimum Gasteiger partial charge on any atom is -0.504 e. The highest BCUT2D eigenvalue weighted by Crippen LogP contribution is 2.38. The van der Waals surface area contributed by atoms with Crippen LogP contribution in [-0.4, -0.2) is 29.7 Å². The van der Waals surface area contributed by atoms with Crippen LogP contribution < -0.4 is 15.8 Å². The first-order chi connectivity index (χ1) is 14.0. The number of nitrogens with one attached hydrogen (secondary N) is 2. The molecule has 0 aliphatic rings. The van der Waals surface area contributed by atoms with E-state index in [0.717, 1.165) is 11.5 Å². The van der Waals surface area contributed by atoms with Crippen molar-refractivity contribution in [1.82, 2.24) is 4.37 Å². The zero-order valence-corrected chi connectivity index (χ0v) is 17.3. The van der Waals surface area contributed by atoms with E-state index in [0.29, 0.717) is 15.9 Å². The standard InChI is InChI=1S/C17H16N6O5S2/c1-8(24)19-14-5-10(6-15(16(14)26)20-9(2)25)21-22-17-12-7-11(30(18,27)28)3-4-13(12)23-29-17/h3-7,26H,1-2H3,(H,19,24)(H,20,25)(H2,18,27,28). The highest BCUT2D eigenvalue weighted by molar-refractivity contribution is 7.89. The zero-order valence-electron chi connectivity index (χ0n) is 15.7. The van der Waals surface area contributed by atoms with Gasteiger partial charge in [0.15, 0.2) is 10.8 Å². The summed E-state index contributed by atoms with van der Waals surface area (Å²) in [5, 5.41) is 29.2. The molecule has 156 valence electrons. The Morgan fingerprint density at radius 3 is 2.20 bits per heavy atom. The Balaban J connectivity index is 2.04. The second-order valence-electron chi connectivity index (χ2n) is 6.16. The Kier molecular flexibility index (Phi) is 5.78. The summed E-state index contributed by atoms with van der Waals surface area (Å²) in [6.07, 6.45) is 0. The quantitative estimate of drug-likeness (QED) is 0.344. The summed E-state index contributed by atoms with van der Waals surface area (Å²) in [6.45, 7) is 2.52. The molecule has 11 nitrogen and oxygen atoms in total. The van der Waals surface area contributed by atoms with Crippen molar-refractivity contribution in [3.63, 3.8) is 0 Å². The summed E-state index contributed by atoms with van der Waals surface area (Å²) in [6, 6.07) is 6.94. The molecule has 30 heavy (non-hydrogen) atoms. The van der Waals surface area contributed by atoms with Crippen LogP contribution in [0.5, 0.6) is 5.75 Å². The molecule has 5 N–H and O–H groups in total. The number of hydrogen-bond acceptors (Lipinski definition) is 9. The van der Waals surface area contributed by atoms with E-state index in [-0.39, 0.29) is 27.7 Å². The molecular formula is C17H16N6O5S2. The number of benzene rings is 2. The van der Waals surface area contributed by atoms with E-state index >= 15 is 0 Å². The van der Waals surface area contributed by atoms with Crippen LogP contribution in [0.15, 0.2) is 45.5 Å². The van der Waals surface area contributed by atoms with Gasteiger partial charge in [-0.2, -0.15) is 4.37 Å². The van der Waals surface area contributed by atoms with Gasteiger partial charge in [0.25, 0.3) is 0 Å². The number of primary sulfonamides is 1. The first-order valence-corrected chi connectivity index (χ1v) is 10.6. The van der Waals surface area contributed by atoms with Gasteiger partial charge in [-0.25, -0.2) is 13.6 Å². The number of nitrogens with two attached hydrogens (primary N) is 1. The van der Waals surface area contributed by atoms with Crippen LogP contribution in [0.2, 0.25) is 0 Å². The fourth-order valence-electron chi connectivity index (χ4n) is 2.51. The molecule has 0 bridgehead atoms. The first kappa shape index (κ1) is 21.3. The fourth-order valence-corrected chi connectivity index (χ4v) is 3.73. The smallest absolute Gasteiger partial charge is 0.238 e. The molecule has 0 radical (unpaired) electrons. The molecule has 0 spiro atoms. The summed E-state index contributed by atoms with van der Waals surface area (Å²) >= 11 is 0.999. The molecule has 0 saturated carbocycles. The minimum atomic E-state index is -3.90. The Bertz CT molecular complexity index is 1260. The first-order valence-electron chi connectivity index (χ1n) is 8.31. The third-order valence-electron chi connectivity index (χ3n) is 3.73. The number of nitrogens with zero attached hydrogens (tertiary/aromatic N) is 3. The second-order valence-corrected chi connectivity index (χ2v) is 8.48. The van der Waals surface area contributed by atoms with Crippen molar-refractivity contribution < 1.29 is 23.1 Å². The van der Waals surface area contributed by atoms with Gasteiger partial charge in [-0.15, -0.1) is 10.2 Å². The van der Waals surface area contributed by atoms with Crippen LogP contribution in [-0.2, 0) is 19.6 Å². The maximum Gasteiger partial charge on any atom is 0.238 e. The van der Waals surface area contributed by atoms with Crippen molar-refractivity contribution in [1.29, 1.82) is 0 Å². The van der Waals surface area contributed by atoms with Crippen LogP contribution >= 0.6 is 11.5 Å². The number of amides is 2. The molecule has 1 aromatic heterocycles. The van der Waals surface area contributed by atoms with Crippen LogP contribution in [0.25, 0.3) is 10.9 Å². The Hall–Kier alpha value is -3.42. The number of aromatic nitrogens is 1. The lowest BCUT2D eigenvalue weighted by Gasteiger charge is -2.11. The SMILES string of the molecule is CC(=O)Nc1cc(N=Nc2snc3ccc(S(N)(=O)=O)cc23)cc(NC(C)=O)c1O. The summed E-state index contributed by atoms with van der Waals surface area (Å²) in [7, 11) is -3.90. The van der Waals surface area contributed by atoms with Gasteiger partial charge in [-0.3, -0.25) is 9.59 Å². The van der Waals surface area contributed by atoms with Crippen LogP contribution in [0, 0.1) is 0 Å². The highest BCUT2D eigenvalue weighted by Gasteiger charge is 2.14. The molecule has 0 fully saturated rings.